The van der Waals surface area contributed by atoms with Crippen LogP contribution in [-0.2, 0) is 27.3 Å². The molecule has 0 spiro atoms. The number of carbonyl (C=O) groups excluding carboxylic acids is 3. The van der Waals surface area contributed by atoms with Crippen LogP contribution in [0.1, 0.15) is 60.1 Å². The average molecular weight is 581 g/mol. The molecule has 2 aromatic carbocycles. The summed E-state index contributed by atoms with van der Waals surface area (Å²) in [6, 6.07) is 12.4. The van der Waals surface area contributed by atoms with Crippen molar-refractivity contribution < 1.29 is 28.6 Å². The van der Waals surface area contributed by atoms with Crippen molar-refractivity contribution >= 4 is 28.7 Å². The first-order chi connectivity index (χ1) is 20.3. The number of fused-ring (bicyclic) bond motifs is 1. The van der Waals surface area contributed by atoms with Crippen molar-refractivity contribution in [1.29, 1.82) is 0 Å². The van der Waals surface area contributed by atoms with Crippen molar-refractivity contribution in [2.45, 2.75) is 64.5 Å². The first kappa shape index (κ1) is 32.5. The van der Waals surface area contributed by atoms with Gasteiger partial charge in [0.25, 0.3) is 5.91 Å². The van der Waals surface area contributed by atoms with E-state index in [1.54, 1.807) is 24.9 Å². The Labute approximate surface area is 247 Å². The van der Waals surface area contributed by atoms with Crippen molar-refractivity contribution in [2.24, 2.45) is 5.73 Å². The lowest BCUT2D eigenvalue weighted by molar-refractivity contribution is -0.141. The number of ether oxygens (including phenoxy) is 3. The quantitative estimate of drug-likeness (QED) is 0.163. The van der Waals surface area contributed by atoms with E-state index in [2.05, 4.69) is 10.6 Å². The molecular weight excluding hydrogens is 536 g/mol. The number of rotatable bonds is 17. The number of esters is 1. The zero-order valence-corrected chi connectivity index (χ0v) is 25.2. The Morgan fingerprint density at radius 2 is 1.64 bits per heavy atom. The van der Waals surface area contributed by atoms with E-state index >= 15 is 0 Å². The number of nitrogens with one attached hydrogen (secondary N) is 2. The van der Waals surface area contributed by atoms with Crippen molar-refractivity contribution in [3.05, 3.63) is 59.3 Å². The van der Waals surface area contributed by atoms with Crippen molar-refractivity contribution in [1.82, 2.24) is 15.2 Å². The van der Waals surface area contributed by atoms with Gasteiger partial charge in [0.2, 0.25) is 5.91 Å². The lowest BCUT2D eigenvalue weighted by Crippen LogP contribution is -2.47. The van der Waals surface area contributed by atoms with E-state index < -0.39 is 17.9 Å². The van der Waals surface area contributed by atoms with E-state index in [-0.39, 0.29) is 12.5 Å². The summed E-state index contributed by atoms with van der Waals surface area (Å²) in [5.41, 5.74) is 8.81. The van der Waals surface area contributed by atoms with Gasteiger partial charge in [-0.1, -0.05) is 24.6 Å². The predicted molar refractivity (Wildman–Crippen MR) is 163 cm³/mol. The van der Waals surface area contributed by atoms with Gasteiger partial charge in [-0.15, -0.1) is 0 Å². The average Bonchev–Trinajstić information content (AvgIpc) is 3.36. The van der Waals surface area contributed by atoms with Gasteiger partial charge in [0, 0.05) is 23.0 Å². The number of nitrogens with zero attached hydrogens (tertiary/aromatic N) is 1. The summed E-state index contributed by atoms with van der Waals surface area (Å²) in [6.45, 7) is 2.89. The lowest BCUT2D eigenvalue weighted by Gasteiger charge is -2.19. The highest BCUT2D eigenvalue weighted by atomic mass is 16.5. The summed E-state index contributed by atoms with van der Waals surface area (Å²) in [5.74, 6) is 0.507. The molecule has 2 amide bonds. The minimum absolute atomic E-state index is 0.114. The Morgan fingerprint density at radius 1 is 0.929 bits per heavy atom. The molecule has 0 saturated heterocycles. The molecule has 4 N–H and O–H groups in total. The second kappa shape index (κ2) is 16.4. The monoisotopic (exact) mass is 580 g/mol. The minimum Gasteiger partial charge on any atom is -0.496 e. The van der Waals surface area contributed by atoms with E-state index in [9.17, 15) is 14.4 Å². The summed E-state index contributed by atoms with van der Waals surface area (Å²) >= 11 is 0. The zero-order valence-electron chi connectivity index (χ0n) is 25.2. The van der Waals surface area contributed by atoms with Crippen LogP contribution < -0.4 is 25.8 Å². The van der Waals surface area contributed by atoms with Crippen LogP contribution in [0.25, 0.3) is 10.9 Å². The van der Waals surface area contributed by atoms with Gasteiger partial charge < -0.3 is 35.1 Å². The lowest BCUT2D eigenvalue weighted by atomic mass is 10.0. The van der Waals surface area contributed by atoms with Crippen LogP contribution in [0.15, 0.2) is 42.5 Å². The molecule has 3 aromatic rings. The smallest absolute Gasteiger partial charge is 0.325 e. The van der Waals surface area contributed by atoms with Gasteiger partial charge in [0.1, 0.15) is 29.8 Å². The maximum atomic E-state index is 13.4. The molecule has 1 atom stereocenters. The van der Waals surface area contributed by atoms with Gasteiger partial charge in [0.15, 0.2) is 0 Å². The van der Waals surface area contributed by atoms with E-state index in [0.717, 1.165) is 65.6 Å². The highest BCUT2D eigenvalue weighted by Gasteiger charge is 2.24. The fraction of sp³-hybridized carbons (Fsp3) is 0.469. The Morgan fingerprint density at radius 3 is 2.31 bits per heavy atom. The molecule has 1 aromatic heterocycles. The van der Waals surface area contributed by atoms with Gasteiger partial charge in [0.05, 0.1) is 21.3 Å². The number of hydrogen-bond donors (Lipinski definition) is 3. The Balaban J connectivity index is 1.60. The number of nitrogens with two attached hydrogens (primary N) is 1. The molecular formula is C32H44N4O6. The van der Waals surface area contributed by atoms with Crippen molar-refractivity contribution in [2.75, 3.05) is 34.4 Å². The van der Waals surface area contributed by atoms with E-state index in [4.69, 9.17) is 19.9 Å². The van der Waals surface area contributed by atoms with Gasteiger partial charge in [-0.3, -0.25) is 14.4 Å². The highest BCUT2D eigenvalue weighted by Crippen LogP contribution is 2.31. The van der Waals surface area contributed by atoms with Crippen LogP contribution in [0.2, 0.25) is 0 Å². The number of hydrogen-bond acceptors (Lipinski definition) is 7. The molecule has 0 aliphatic carbocycles. The van der Waals surface area contributed by atoms with Crippen LogP contribution in [0.5, 0.6) is 11.5 Å². The first-order valence-electron chi connectivity index (χ1n) is 14.5. The third-order valence-electron chi connectivity index (χ3n) is 7.28. The maximum absolute atomic E-state index is 13.4. The fourth-order valence-electron chi connectivity index (χ4n) is 5.06. The second-order valence-corrected chi connectivity index (χ2v) is 10.3. The number of aryl methyl sites for hydroxylation is 1. The third kappa shape index (κ3) is 8.72. The normalized spacial score (nSPS) is 11.6. The number of aromatic nitrogens is 1. The molecule has 0 unspecified atom stereocenters. The molecule has 10 heteroatoms. The van der Waals surface area contributed by atoms with Gasteiger partial charge in [-0.25, -0.2) is 0 Å². The second-order valence-electron chi connectivity index (χ2n) is 10.3. The van der Waals surface area contributed by atoms with Crippen LogP contribution in [0.4, 0.5) is 0 Å². The molecule has 0 radical (unpaired) electrons. The molecule has 1 heterocycles. The topological polar surface area (TPSA) is 134 Å². The van der Waals surface area contributed by atoms with Crippen molar-refractivity contribution in [3.63, 3.8) is 0 Å². The largest absolute Gasteiger partial charge is 0.496 e. The first-order valence-corrected chi connectivity index (χ1v) is 14.5. The molecule has 42 heavy (non-hydrogen) atoms. The number of amides is 2. The molecule has 0 bridgehead atoms. The number of para-hydroxylation sites is 1. The molecule has 10 nitrogen and oxygen atoms in total. The van der Waals surface area contributed by atoms with Crippen molar-refractivity contribution in [3.8, 4) is 11.5 Å². The molecule has 228 valence electrons. The van der Waals surface area contributed by atoms with Gasteiger partial charge >= 0.3 is 5.97 Å². The Hall–Kier alpha value is -4.05. The number of methoxy groups -OCH3 is 3. The summed E-state index contributed by atoms with van der Waals surface area (Å²) in [7, 11) is 4.63. The predicted octanol–water partition coefficient (Wildman–Crippen LogP) is 3.90. The maximum Gasteiger partial charge on any atom is 0.325 e. The van der Waals surface area contributed by atoms with Crippen LogP contribution in [-0.4, -0.2) is 62.8 Å². The molecule has 0 saturated carbocycles. The Bertz CT molecular complexity index is 1330. The molecule has 0 fully saturated rings. The number of carbonyl (C=O) groups is 3. The van der Waals surface area contributed by atoms with E-state index in [1.807, 2.05) is 43.3 Å². The SMILES string of the molecule is COC(=O)Cn1c(C(=O)N[C@H](CCCCN)C(=O)NCCCCCc2c(OC)cc(C)cc2OC)cc2ccccc21. The standard InChI is InChI=1S/C32H44N4O6/c1-22-18-28(40-2)24(29(19-22)41-3)13-6-5-11-17-34-31(38)25(14-9-10-16-33)35-32(39)27-20-23-12-7-8-15-26(23)36(27)21-30(37)42-4/h7-8,12,15,18-20,25H,5-6,9-11,13-14,16-17,21,33H2,1-4H3,(H,34,38)(H,35,39)/t25-/m1/s1. The number of unbranched alkanes of at least 4 members (excludes halogenated alkanes) is 3. The molecule has 0 aliphatic rings. The van der Waals surface area contributed by atoms with E-state index in [0.29, 0.717) is 31.6 Å². The van der Waals surface area contributed by atoms with Crippen LogP contribution >= 0.6 is 0 Å². The molecule has 0 aliphatic heterocycles. The van der Waals surface area contributed by atoms with Gasteiger partial charge in [-0.2, -0.15) is 0 Å². The number of benzene rings is 2. The zero-order chi connectivity index (χ0) is 30.5. The van der Waals surface area contributed by atoms with Gasteiger partial charge in [-0.05, 0) is 81.8 Å². The van der Waals surface area contributed by atoms with E-state index in [1.165, 1.54) is 7.11 Å². The third-order valence-corrected chi connectivity index (χ3v) is 7.28. The highest BCUT2D eigenvalue weighted by molar-refractivity contribution is 6.01. The Kier molecular flexibility index (Phi) is 12.7. The fourth-order valence-corrected chi connectivity index (χ4v) is 5.06. The summed E-state index contributed by atoms with van der Waals surface area (Å²) in [5, 5.41) is 6.70. The van der Waals surface area contributed by atoms with Crippen LogP contribution in [0.3, 0.4) is 0 Å². The van der Waals surface area contributed by atoms with Crippen LogP contribution in [0, 0.1) is 6.92 Å². The summed E-state index contributed by atoms with van der Waals surface area (Å²) in [6.07, 6.45) is 5.30. The minimum atomic E-state index is -0.727. The summed E-state index contributed by atoms with van der Waals surface area (Å²) in [4.78, 5) is 38.7. The molecule has 3 rings (SSSR count). The summed E-state index contributed by atoms with van der Waals surface area (Å²) < 4.78 is 17.6.